The third-order valence-corrected chi connectivity index (χ3v) is 2.54. The molecule has 0 aliphatic heterocycles. The predicted octanol–water partition coefficient (Wildman–Crippen LogP) is 3.10. The van der Waals surface area contributed by atoms with Crippen molar-refractivity contribution in [2.75, 3.05) is 0 Å². The number of aromatic nitrogens is 1. The Labute approximate surface area is 113 Å². The number of pyridine rings is 1. The van der Waals surface area contributed by atoms with Crippen LogP contribution in [-0.2, 0) is 0 Å². The van der Waals surface area contributed by atoms with Gasteiger partial charge in [0.15, 0.2) is 0 Å². The molecule has 1 aromatic heterocycles. The lowest BCUT2D eigenvalue weighted by atomic mass is 10.2. The summed E-state index contributed by atoms with van der Waals surface area (Å²) in [5.41, 5.74) is 0.300. The van der Waals surface area contributed by atoms with Crippen molar-refractivity contribution in [1.82, 2.24) is 4.98 Å². The first-order valence-electron chi connectivity index (χ1n) is 5.17. The van der Waals surface area contributed by atoms with E-state index >= 15 is 0 Å². The third-order valence-electron chi connectivity index (χ3n) is 2.27. The van der Waals surface area contributed by atoms with Gasteiger partial charge in [-0.1, -0.05) is 23.7 Å². The summed E-state index contributed by atoms with van der Waals surface area (Å²) in [6.07, 6.45) is 1.14. The van der Waals surface area contributed by atoms with Crippen molar-refractivity contribution in [3.63, 3.8) is 0 Å². The van der Waals surface area contributed by atoms with Gasteiger partial charge < -0.3 is 9.84 Å². The van der Waals surface area contributed by atoms with Crippen molar-refractivity contribution in [3.05, 3.63) is 52.7 Å². The van der Waals surface area contributed by atoms with Gasteiger partial charge in [-0.05, 0) is 18.2 Å². The zero-order valence-corrected chi connectivity index (χ0v) is 10.3. The van der Waals surface area contributed by atoms with E-state index in [1.807, 2.05) is 6.07 Å². The number of nitrogens with zero attached hydrogens (tertiary/aromatic N) is 2. The molecule has 0 radical (unpaired) electrons. The van der Waals surface area contributed by atoms with Crippen LogP contribution in [-0.4, -0.2) is 16.1 Å². The minimum Gasteiger partial charge on any atom is -0.478 e. The summed E-state index contributed by atoms with van der Waals surface area (Å²) in [7, 11) is 0. The maximum Gasteiger partial charge on any atom is 0.337 e. The number of rotatable bonds is 3. The predicted molar refractivity (Wildman–Crippen MR) is 67.4 cm³/mol. The number of nitriles is 1. The Morgan fingerprint density at radius 1 is 1.42 bits per heavy atom. The Balaban J connectivity index is 2.34. The topological polar surface area (TPSA) is 83.2 Å². The van der Waals surface area contributed by atoms with Crippen molar-refractivity contribution in [2.45, 2.75) is 0 Å². The van der Waals surface area contributed by atoms with Gasteiger partial charge in [0, 0.05) is 6.20 Å². The van der Waals surface area contributed by atoms with Crippen LogP contribution in [0.2, 0.25) is 5.02 Å². The van der Waals surface area contributed by atoms with Gasteiger partial charge in [-0.3, -0.25) is 0 Å². The molecule has 0 fully saturated rings. The number of hydrogen-bond donors (Lipinski definition) is 1. The molecule has 94 valence electrons. The first-order chi connectivity index (χ1) is 9.11. The Hall–Kier alpha value is -2.58. The molecule has 2 aromatic rings. The van der Waals surface area contributed by atoms with E-state index in [-0.39, 0.29) is 16.5 Å². The first kappa shape index (κ1) is 12.9. The molecule has 1 heterocycles. The van der Waals surface area contributed by atoms with E-state index in [9.17, 15) is 4.79 Å². The smallest absolute Gasteiger partial charge is 0.337 e. The van der Waals surface area contributed by atoms with Gasteiger partial charge >= 0.3 is 5.97 Å². The van der Waals surface area contributed by atoms with E-state index in [0.717, 1.165) is 6.20 Å². The van der Waals surface area contributed by atoms with Gasteiger partial charge in [-0.15, -0.1) is 0 Å². The maximum atomic E-state index is 10.7. The minimum absolute atomic E-state index is 0.0362. The van der Waals surface area contributed by atoms with E-state index in [4.69, 9.17) is 26.7 Å². The molecule has 1 aromatic carbocycles. The van der Waals surface area contributed by atoms with Gasteiger partial charge in [0.25, 0.3) is 0 Å². The molecule has 0 unspecified atom stereocenters. The van der Waals surface area contributed by atoms with Crippen LogP contribution in [0.25, 0.3) is 0 Å². The Morgan fingerprint density at radius 2 is 2.16 bits per heavy atom. The molecule has 0 bridgehead atoms. The standard InChI is InChI=1S/C13H7ClN2O3/c14-10-5-9(13(17)18)7-16-12(10)19-11-4-2-1-3-8(11)6-15/h1-5,7H,(H,17,18). The van der Waals surface area contributed by atoms with Crippen LogP contribution in [0.1, 0.15) is 15.9 Å². The number of ether oxygens (including phenoxy) is 1. The molecule has 0 amide bonds. The molecule has 0 saturated heterocycles. The number of benzene rings is 1. The second-order valence-electron chi connectivity index (χ2n) is 3.53. The summed E-state index contributed by atoms with van der Waals surface area (Å²) in [6.45, 7) is 0. The lowest BCUT2D eigenvalue weighted by Crippen LogP contribution is -1.99. The fraction of sp³-hybridized carbons (Fsp3) is 0. The SMILES string of the molecule is N#Cc1ccccc1Oc1ncc(C(=O)O)cc1Cl. The van der Waals surface area contributed by atoms with Crippen LogP contribution in [0.15, 0.2) is 36.5 Å². The Kier molecular flexibility index (Phi) is 3.64. The fourth-order valence-electron chi connectivity index (χ4n) is 1.37. The number of hydrogen-bond acceptors (Lipinski definition) is 4. The number of carbonyl (C=O) groups is 1. The van der Waals surface area contributed by atoms with Gasteiger partial charge in [0.2, 0.25) is 5.88 Å². The summed E-state index contributed by atoms with van der Waals surface area (Å²) in [4.78, 5) is 14.6. The van der Waals surface area contributed by atoms with Crippen LogP contribution < -0.4 is 4.74 Å². The number of carboxylic acid groups (broad SMARTS) is 1. The summed E-state index contributed by atoms with van der Waals surface area (Å²) >= 11 is 5.89. The quantitative estimate of drug-likeness (QED) is 0.930. The van der Waals surface area contributed by atoms with Crippen LogP contribution in [0.5, 0.6) is 11.6 Å². The van der Waals surface area contributed by atoms with Crippen molar-refractivity contribution in [1.29, 1.82) is 5.26 Å². The molecule has 0 aliphatic rings. The minimum atomic E-state index is -1.13. The molecule has 0 saturated carbocycles. The normalized spacial score (nSPS) is 9.68. The average molecular weight is 275 g/mol. The maximum absolute atomic E-state index is 10.7. The molecule has 0 spiro atoms. The highest BCUT2D eigenvalue weighted by Crippen LogP contribution is 2.29. The molecular weight excluding hydrogens is 268 g/mol. The van der Waals surface area contributed by atoms with E-state index in [1.54, 1.807) is 24.3 Å². The number of carboxylic acids is 1. The van der Waals surface area contributed by atoms with Gasteiger partial charge in [-0.25, -0.2) is 9.78 Å². The summed E-state index contributed by atoms with van der Waals surface area (Å²) < 4.78 is 5.41. The zero-order valence-electron chi connectivity index (χ0n) is 9.50. The number of para-hydroxylation sites is 1. The molecule has 6 heteroatoms. The summed E-state index contributed by atoms with van der Waals surface area (Å²) in [5.74, 6) is -0.768. The van der Waals surface area contributed by atoms with Crippen LogP contribution >= 0.6 is 11.6 Å². The van der Waals surface area contributed by atoms with E-state index in [2.05, 4.69) is 4.98 Å². The van der Waals surface area contributed by atoms with Crippen molar-refractivity contribution in [2.24, 2.45) is 0 Å². The summed E-state index contributed by atoms with van der Waals surface area (Å²) in [6, 6.07) is 9.81. The fourth-order valence-corrected chi connectivity index (χ4v) is 1.57. The van der Waals surface area contributed by atoms with E-state index < -0.39 is 5.97 Å². The van der Waals surface area contributed by atoms with Crippen molar-refractivity contribution >= 4 is 17.6 Å². The molecule has 0 atom stereocenters. The van der Waals surface area contributed by atoms with Gasteiger partial charge in [0.1, 0.15) is 16.8 Å². The van der Waals surface area contributed by atoms with Crippen LogP contribution in [0.3, 0.4) is 0 Å². The highest BCUT2D eigenvalue weighted by molar-refractivity contribution is 6.32. The molecule has 1 N–H and O–H groups in total. The number of halogens is 1. The summed E-state index contributed by atoms with van der Waals surface area (Å²) in [5, 5.41) is 17.8. The average Bonchev–Trinajstić information content (AvgIpc) is 2.41. The lowest BCUT2D eigenvalue weighted by Gasteiger charge is -2.07. The largest absolute Gasteiger partial charge is 0.478 e. The number of aromatic carboxylic acids is 1. The van der Waals surface area contributed by atoms with E-state index in [0.29, 0.717) is 11.3 Å². The zero-order chi connectivity index (χ0) is 13.8. The second kappa shape index (κ2) is 5.38. The van der Waals surface area contributed by atoms with Crippen molar-refractivity contribution in [3.8, 4) is 17.7 Å². The molecule has 5 nitrogen and oxygen atoms in total. The monoisotopic (exact) mass is 274 g/mol. The lowest BCUT2D eigenvalue weighted by molar-refractivity contribution is 0.0696. The van der Waals surface area contributed by atoms with Crippen LogP contribution in [0, 0.1) is 11.3 Å². The molecule has 0 aliphatic carbocycles. The molecule has 19 heavy (non-hydrogen) atoms. The Morgan fingerprint density at radius 3 is 2.79 bits per heavy atom. The molecular formula is C13H7ClN2O3. The highest BCUT2D eigenvalue weighted by atomic mass is 35.5. The Bertz CT molecular complexity index is 680. The van der Waals surface area contributed by atoms with Crippen molar-refractivity contribution < 1.29 is 14.6 Å². The third kappa shape index (κ3) is 2.81. The highest BCUT2D eigenvalue weighted by Gasteiger charge is 2.11. The van der Waals surface area contributed by atoms with Gasteiger partial charge in [0.05, 0.1) is 11.1 Å². The van der Waals surface area contributed by atoms with E-state index in [1.165, 1.54) is 6.07 Å². The second-order valence-corrected chi connectivity index (χ2v) is 3.93. The van der Waals surface area contributed by atoms with Gasteiger partial charge in [-0.2, -0.15) is 5.26 Å². The van der Waals surface area contributed by atoms with Crippen LogP contribution in [0.4, 0.5) is 0 Å². The molecule has 2 rings (SSSR count). The first-order valence-corrected chi connectivity index (χ1v) is 5.55.